The van der Waals surface area contributed by atoms with Crippen molar-refractivity contribution in [1.82, 2.24) is 10.4 Å². The van der Waals surface area contributed by atoms with Gasteiger partial charge in [0.25, 0.3) is 5.91 Å². The second kappa shape index (κ2) is 7.76. The van der Waals surface area contributed by atoms with Gasteiger partial charge in [0.15, 0.2) is 5.13 Å². The van der Waals surface area contributed by atoms with Gasteiger partial charge in [0.1, 0.15) is 5.75 Å². The number of hydrogen-bond donors (Lipinski definition) is 2. The van der Waals surface area contributed by atoms with Crippen molar-refractivity contribution in [3.8, 4) is 5.75 Å². The number of nitrogens with one attached hydrogen (secondary N) is 1. The van der Waals surface area contributed by atoms with Gasteiger partial charge in [0, 0.05) is 5.56 Å². The number of amides is 1. The molecule has 0 saturated heterocycles. The summed E-state index contributed by atoms with van der Waals surface area (Å²) >= 11 is 1.35. The molecule has 0 bridgehead atoms. The molecule has 6 nitrogen and oxygen atoms in total. The minimum Gasteiger partial charge on any atom is -0.494 e. The molecule has 0 atom stereocenters. The fourth-order valence-electron chi connectivity index (χ4n) is 2.22. The molecular weight excluding hydrogens is 336 g/mol. The van der Waals surface area contributed by atoms with E-state index in [4.69, 9.17) is 10.5 Å². The number of anilines is 1. The average molecular weight is 354 g/mol. The lowest BCUT2D eigenvalue weighted by molar-refractivity contribution is 0.0955. The minimum atomic E-state index is -0.288. The molecule has 0 aliphatic rings. The number of rotatable bonds is 6. The van der Waals surface area contributed by atoms with Crippen LogP contribution in [0.4, 0.5) is 5.13 Å². The Morgan fingerprint density at radius 3 is 3.08 bits per heavy atom. The Morgan fingerprint density at radius 1 is 1.36 bits per heavy atom. The second-order valence-corrected chi connectivity index (χ2v) is 6.42. The van der Waals surface area contributed by atoms with Crippen LogP contribution in [0.15, 0.2) is 47.6 Å². The number of aromatic nitrogens is 1. The summed E-state index contributed by atoms with van der Waals surface area (Å²) < 4.78 is 6.44. The van der Waals surface area contributed by atoms with Crippen LogP contribution in [-0.2, 0) is 0 Å². The molecule has 3 N–H and O–H groups in total. The molecule has 1 amide bonds. The summed E-state index contributed by atoms with van der Waals surface area (Å²) in [6.07, 6.45) is 2.53. The third-order valence-corrected chi connectivity index (χ3v) is 4.23. The predicted molar refractivity (Wildman–Crippen MR) is 101 cm³/mol. The number of fused-ring (bicyclic) bond motifs is 1. The number of nitrogens with zero attached hydrogens (tertiary/aromatic N) is 2. The van der Waals surface area contributed by atoms with Crippen molar-refractivity contribution in [2.45, 2.75) is 13.3 Å². The Labute approximate surface area is 149 Å². The summed E-state index contributed by atoms with van der Waals surface area (Å²) in [5, 5.41) is 4.49. The average Bonchev–Trinajstić information content (AvgIpc) is 2.99. The van der Waals surface area contributed by atoms with E-state index in [0.717, 1.165) is 28.0 Å². The number of nitrogens with two attached hydrogens (primary N) is 1. The number of carbonyl (C=O) groups is 1. The normalized spacial score (nSPS) is 11.1. The highest BCUT2D eigenvalue weighted by Gasteiger charge is 2.08. The molecule has 0 fully saturated rings. The van der Waals surface area contributed by atoms with Crippen LogP contribution in [0.25, 0.3) is 10.2 Å². The first kappa shape index (κ1) is 16.9. The van der Waals surface area contributed by atoms with Crippen LogP contribution in [0.3, 0.4) is 0 Å². The topological polar surface area (TPSA) is 89.6 Å². The van der Waals surface area contributed by atoms with Gasteiger partial charge in [-0.3, -0.25) is 4.79 Å². The minimum absolute atomic E-state index is 0.288. The summed E-state index contributed by atoms with van der Waals surface area (Å²) in [5.41, 5.74) is 10.3. The Morgan fingerprint density at radius 2 is 2.24 bits per heavy atom. The Kier molecular flexibility index (Phi) is 5.25. The molecule has 0 aliphatic heterocycles. The van der Waals surface area contributed by atoms with Gasteiger partial charge in [-0.2, -0.15) is 5.10 Å². The summed E-state index contributed by atoms with van der Waals surface area (Å²) in [6.45, 7) is 2.72. The zero-order chi connectivity index (χ0) is 17.6. The maximum atomic E-state index is 12.2. The smallest absolute Gasteiger partial charge is 0.271 e. The van der Waals surface area contributed by atoms with Gasteiger partial charge >= 0.3 is 0 Å². The van der Waals surface area contributed by atoms with E-state index < -0.39 is 0 Å². The first-order chi connectivity index (χ1) is 12.2. The second-order valence-electron chi connectivity index (χ2n) is 5.35. The van der Waals surface area contributed by atoms with Crippen LogP contribution < -0.4 is 15.9 Å². The van der Waals surface area contributed by atoms with Crippen LogP contribution in [0.5, 0.6) is 5.75 Å². The van der Waals surface area contributed by atoms with E-state index in [1.165, 1.54) is 11.3 Å². The largest absolute Gasteiger partial charge is 0.494 e. The number of carbonyl (C=O) groups excluding carboxylic acids is 1. The summed E-state index contributed by atoms with van der Waals surface area (Å²) in [6, 6.07) is 12.8. The molecular formula is C18H18N4O2S. The van der Waals surface area contributed by atoms with E-state index in [0.29, 0.717) is 17.3 Å². The van der Waals surface area contributed by atoms with Crippen molar-refractivity contribution in [2.24, 2.45) is 5.10 Å². The van der Waals surface area contributed by atoms with Crippen molar-refractivity contribution in [2.75, 3.05) is 12.3 Å². The monoisotopic (exact) mass is 354 g/mol. The van der Waals surface area contributed by atoms with Crippen LogP contribution in [-0.4, -0.2) is 23.7 Å². The molecule has 0 saturated carbocycles. The number of nitrogen functional groups attached to an aromatic ring is 1. The molecule has 0 aliphatic carbocycles. The Bertz CT molecular complexity index is 920. The van der Waals surface area contributed by atoms with Gasteiger partial charge in [0.05, 0.1) is 23.0 Å². The van der Waals surface area contributed by atoms with Gasteiger partial charge in [-0.25, -0.2) is 10.4 Å². The SMILES string of the molecule is CCCOc1cccc(/C=N\NC(=O)c2ccc3nc(N)sc3c2)c1. The number of hydrazone groups is 1. The highest BCUT2D eigenvalue weighted by atomic mass is 32.1. The highest BCUT2D eigenvalue weighted by Crippen LogP contribution is 2.24. The number of hydrogen-bond acceptors (Lipinski definition) is 6. The van der Waals surface area contributed by atoms with Gasteiger partial charge in [-0.15, -0.1) is 0 Å². The van der Waals surface area contributed by atoms with E-state index in [9.17, 15) is 4.79 Å². The molecule has 1 aromatic heterocycles. The van der Waals surface area contributed by atoms with E-state index in [-0.39, 0.29) is 5.91 Å². The molecule has 7 heteroatoms. The molecule has 3 rings (SSSR count). The van der Waals surface area contributed by atoms with Crippen LogP contribution >= 0.6 is 11.3 Å². The number of ether oxygens (including phenoxy) is 1. The maximum absolute atomic E-state index is 12.2. The fraction of sp³-hybridized carbons (Fsp3) is 0.167. The Balaban J connectivity index is 1.65. The van der Waals surface area contributed by atoms with E-state index >= 15 is 0 Å². The van der Waals surface area contributed by atoms with Crippen LogP contribution in [0, 0.1) is 0 Å². The molecule has 0 radical (unpaired) electrons. The van der Waals surface area contributed by atoms with E-state index in [2.05, 4.69) is 22.4 Å². The molecule has 0 spiro atoms. The first-order valence-electron chi connectivity index (χ1n) is 7.88. The van der Waals surface area contributed by atoms with Crippen molar-refractivity contribution >= 4 is 38.8 Å². The fourth-order valence-corrected chi connectivity index (χ4v) is 2.99. The molecule has 1 heterocycles. The Hall–Kier alpha value is -2.93. The predicted octanol–water partition coefficient (Wildman–Crippen LogP) is 3.43. The van der Waals surface area contributed by atoms with Gasteiger partial charge in [-0.05, 0) is 42.3 Å². The lowest BCUT2D eigenvalue weighted by Gasteiger charge is -2.04. The first-order valence-corrected chi connectivity index (χ1v) is 8.69. The summed E-state index contributed by atoms with van der Waals surface area (Å²) in [7, 11) is 0. The standard InChI is InChI=1S/C18H18N4O2S/c1-2-8-24-14-5-3-4-12(9-14)11-20-22-17(23)13-6-7-15-16(10-13)25-18(19)21-15/h3-7,9-11H,2,8H2,1H3,(H2,19,21)(H,22,23)/b20-11-. The molecule has 25 heavy (non-hydrogen) atoms. The summed E-state index contributed by atoms with van der Waals surface area (Å²) in [4.78, 5) is 16.4. The number of thiazole rings is 1. The van der Waals surface area contributed by atoms with Crippen LogP contribution in [0.1, 0.15) is 29.3 Å². The van der Waals surface area contributed by atoms with Gasteiger partial charge in [-0.1, -0.05) is 30.4 Å². The van der Waals surface area contributed by atoms with Crippen LogP contribution in [0.2, 0.25) is 0 Å². The summed E-state index contributed by atoms with van der Waals surface area (Å²) in [5.74, 6) is 0.494. The highest BCUT2D eigenvalue weighted by molar-refractivity contribution is 7.22. The van der Waals surface area contributed by atoms with Crippen molar-refractivity contribution < 1.29 is 9.53 Å². The quantitative estimate of drug-likeness (QED) is 0.524. The van der Waals surface area contributed by atoms with Crippen molar-refractivity contribution in [1.29, 1.82) is 0 Å². The maximum Gasteiger partial charge on any atom is 0.271 e. The van der Waals surface area contributed by atoms with Crippen molar-refractivity contribution in [3.63, 3.8) is 0 Å². The lowest BCUT2D eigenvalue weighted by Crippen LogP contribution is -2.17. The zero-order valence-corrected chi connectivity index (χ0v) is 14.5. The van der Waals surface area contributed by atoms with E-state index in [1.807, 2.05) is 24.3 Å². The third-order valence-electron chi connectivity index (χ3n) is 3.38. The molecule has 0 unspecified atom stereocenters. The molecule has 128 valence electrons. The lowest BCUT2D eigenvalue weighted by atomic mass is 10.2. The molecule has 3 aromatic rings. The zero-order valence-electron chi connectivity index (χ0n) is 13.7. The molecule has 2 aromatic carbocycles. The van der Waals surface area contributed by atoms with E-state index in [1.54, 1.807) is 24.4 Å². The van der Waals surface area contributed by atoms with Gasteiger partial charge < -0.3 is 10.5 Å². The van der Waals surface area contributed by atoms with Gasteiger partial charge in [0.2, 0.25) is 0 Å². The van der Waals surface area contributed by atoms with Crippen molar-refractivity contribution in [3.05, 3.63) is 53.6 Å². The third kappa shape index (κ3) is 4.33. The number of benzene rings is 2.